The Kier molecular flexibility index (Phi) is 6.02. The predicted octanol–water partition coefficient (Wildman–Crippen LogP) is 3.01. The van der Waals surface area contributed by atoms with Gasteiger partial charge in [-0.1, -0.05) is 24.3 Å². The molecule has 1 fully saturated rings. The first-order valence-corrected chi connectivity index (χ1v) is 10.6. The van der Waals surface area contributed by atoms with Crippen LogP contribution in [0.5, 0.6) is 0 Å². The molecule has 2 aromatic rings. The van der Waals surface area contributed by atoms with Crippen LogP contribution in [0.25, 0.3) is 0 Å². The Bertz CT molecular complexity index is 1010. The maximum atomic E-state index is 13.8. The van der Waals surface area contributed by atoms with Gasteiger partial charge >= 0.3 is 0 Å². The molecule has 0 aliphatic carbocycles. The smallest absolute Gasteiger partial charge is 0.254 e. The van der Waals surface area contributed by atoms with Crippen LogP contribution in [0.1, 0.15) is 34.3 Å². The van der Waals surface area contributed by atoms with E-state index in [1.54, 1.807) is 28.9 Å². The second-order valence-corrected chi connectivity index (χ2v) is 8.22. The highest BCUT2D eigenvalue weighted by Gasteiger charge is 2.29. The van der Waals surface area contributed by atoms with Crippen molar-refractivity contribution in [2.75, 3.05) is 31.5 Å². The second-order valence-electron chi connectivity index (χ2n) is 8.22. The second kappa shape index (κ2) is 8.88. The molecular weight excluding hydrogens is 397 g/mol. The Morgan fingerprint density at radius 1 is 1.06 bits per heavy atom. The molecule has 1 unspecified atom stereocenters. The maximum absolute atomic E-state index is 13.8. The minimum atomic E-state index is -0.394. The molecule has 2 aliphatic rings. The highest BCUT2D eigenvalue weighted by Crippen LogP contribution is 2.27. The molecule has 31 heavy (non-hydrogen) atoms. The van der Waals surface area contributed by atoms with Gasteiger partial charge in [-0.2, -0.15) is 0 Å². The number of hydrogen-bond donors (Lipinski definition) is 1. The average molecular weight is 423 g/mol. The van der Waals surface area contributed by atoms with Crippen LogP contribution in [-0.2, 0) is 16.0 Å². The summed E-state index contributed by atoms with van der Waals surface area (Å²) in [6.45, 7) is 3.37. The third-order valence-electron chi connectivity index (χ3n) is 6.16. The lowest BCUT2D eigenvalue weighted by Crippen LogP contribution is -2.50. The van der Waals surface area contributed by atoms with E-state index in [0.29, 0.717) is 56.6 Å². The van der Waals surface area contributed by atoms with E-state index in [1.165, 1.54) is 6.07 Å². The van der Waals surface area contributed by atoms with Crippen LogP contribution in [0.15, 0.2) is 42.5 Å². The summed E-state index contributed by atoms with van der Waals surface area (Å²) in [5.74, 6) is -0.858. The first kappa shape index (κ1) is 21.0. The number of amides is 3. The molecule has 0 aromatic heterocycles. The largest absolute Gasteiger partial charge is 0.339 e. The van der Waals surface area contributed by atoms with Gasteiger partial charge in [0.15, 0.2) is 0 Å². The highest BCUT2D eigenvalue weighted by atomic mass is 19.1. The number of carbonyl (C=O) groups is 3. The Balaban J connectivity index is 1.27. The van der Waals surface area contributed by atoms with Crippen molar-refractivity contribution >= 4 is 23.4 Å². The summed E-state index contributed by atoms with van der Waals surface area (Å²) in [4.78, 5) is 41.0. The molecule has 0 saturated carbocycles. The summed E-state index contributed by atoms with van der Waals surface area (Å²) in [7, 11) is 0. The van der Waals surface area contributed by atoms with Crippen molar-refractivity contribution in [1.29, 1.82) is 0 Å². The van der Waals surface area contributed by atoms with Gasteiger partial charge in [0, 0.05) is 49.8 Å². The van der Waals surface area contributed by atoms with Crippen molar-refractivity contribution in [3.63, 3.8) is 0 Å². The molecule has 2 heterocycles. The maximum Gasteiger partial charge on any atom is 0.254 e. The van der Waals surface area contributed by atoms with Crippen molar-refractivity contribution in [1.82, 2.24) is 9.80 Å². The van der Waals surface area contributed by atoms with Crippen LogP contribution in [0.3, 0.4) is 0 Å². The van der Waals surface area contributed by atoms with Crippen molar-refractivity contribution < 1.29 is 18.8 Å². The predicted molar refractivity (Wildman–Crippen MR) is 115 cm³/mol. The van der Waals surface area contributed by atoms with E-state index >= 15 is 0 Å². The summed E-state index contributed by atoms with van der Waals surface area (Å²) < 4.78 is 13.8. The lowest BCUT2D eigenvalue weighted by atomic mass is 9.89. The fraction of sp³-hybridized carbons (Fsp3) is 0.375. The Hall–Kier alpha value is -3.22. The number of para-hydroxylation sites is 1. The fourth-order valence-electron chi connectivity index (χ4n) is 4.17. The molecule has 0 bridgehead atoms. The van der Waals surface area contributed by atoms with Gasteiger partial charge in [-0.3, -0.25) is 14.4 Å². The van der Waals surface area contributed by atoms with E-state index in [9.17, 15) is 18.8 Å². The molecule has 0 spiro atoms. The number of rotatable bonds is 4. The van der Waals surface area contributed by atoms with Crippen molar-refractivity contribution in [3.8, 4) is 0 Å². The van der Waals surface area contributed by atoms with E-state index in [4.69, 9.17) is 0 Å². The first-order valence-electron chi connectivity index (χ1n) is 10.6. The standard InChI is InChI=1S/C24H26FN3O3/c1-16-6-7-19(15-20(16)25)24(31)28-12-10-27(11-13-28)22(29)9-8-18-14-17-4-2-3-5-21(17)26-23(18)30/h2-7,15,18H,8-14H2,1H3,(H,26,30). The number of piperazine rings is 1. The Morgan fingerprint density at radius 3 is 2.52 bits per heavy atom. The minimum Gasteiger partial charge on any atom is -0.339 e. The molecule has 1 N–H and O–H groups in total. The number of carbonyl (C=O) groups excluding carboxylic acids is 3. The van der Waals surface area contributed by atoms with E-state index in [1.807, 2.05) is 24.3 Å². The monoisotopic (exact) mass is 423 g/mol. The number of benzene rings is 2. The lowest BCUT2D eigenvalue weighted by molar-refractivity contribution is -0.133. The van der Waals surface area contributed by atoms with Crippen LogP contribution in [0.4, 0.5) is 10.1 Å². The van der Waals surface area contributed by atoms with Gasteiger partial charge in [0.05, 0.1) is 0 Å². The van der Waals surface area contributed by atoms with Crippen molar-refractivity contribution in [2.24, 2.45) is 5.92 Å². The Labute approximate surface area is 181 Å². The van der Waals surface area contributed by atoms with Gasteiger partial charge in [-0.05, 0) is 49.1 Å². The third kappa shape index (κ3) is 4.60. The molecular formula is C24H26FN3O3. The van der Waals surface area contributed by atoms with Crippen LogP contribution in [-0.4, -0.2) is 53.7 Å². The Morgan fingerprint density at radius 2 is 1.77 bits per heavy atom. The minimum absolute atomic E-state index is 0.000128. The van der Waals surface area contributed by atoms with Crippen LogP contribution >= 0.6 is 0 Å². The summed E-state index contributed by atoms with van der Waals surface area (Å²) >= 11 is 0. The van der Waals surface area contributed by atoms with Crippen LogP contribution in [0, 0.1) is 18.7 Å². The molecule has 2 aliphatic heterocycles. The van der Waals surface area contributed by atoms with Gasteiger partial charge in [0.2, 0.25) is 11.8 Å². The molecule has 162 valence electrons. The van der Waals surface area contributed by atoms with Gasteiger partial charge in [0.1, 0.15) is 5.82 Å². The van der Waals surface area contributed by atoms with Crippen molar-refractivity contribution in [3.05, 3.63) is 65.0 Å². The molecule has 6 nitrogen and oxygen atoms in total. The summed E-state index contributed by atoms with van der Waals surface area (Å²) in [5, 5.41) is 2.92. The van der Waals surface area contributed by atoms with E-state index < -0.39 is 5.82 Å². The molecule has 3 amide bonds. The zero-order valence-electron chi connectivity index (χ0n) is 17.6. The van der Waals surface area contributed by atoms with E-state index in [-0.39, 0.29) is 23.6 Å². The summed E-state index contributed by atoms with van der Waals surface area (Å²) in [6.07, 6.45) is 1.45. The van der Waals surface area contributed by atoms with Crippen molar-refractivity contribution in [2.45, 2.75) is 26.2 Å². The van der Waals surface area contributed by atoms with Gasteiger partial charge in [-0.25, -0.2) is 4.39 Å². The SMILES string of the molecule is Cc1ccc(C(=O)N2CCN(C(=O)CCC3Cc4ccccc4NC3=O)CC2)cc1F. The number of fused-ring (bicyclic) bond motifs is 1. The quantitative estimate of drug-likeness (QED) is 0.822. The van der Waals surface area contributed by atoms with E-state index in [0.717, 1.165) is 11.3 Å². The van der Waals surface area contributed by atoms with Crippen LogP contribution < -0.4 is 5.32 Å². The lowest BCUT2D eigenvalue weighted by Gasteiger charge is -2.35. The topological polar surface area (TPSA) is 69.7 Å². The molecule has 2 aromatic carbocycles. The van der Waals surface area contributed by atoms with Gasteiger partial charge < -0.3 is 15.1 Å². The summed E-state index contributed by atoms with van der Waals surface area (Å²) in [5.41, 5.74) is 2.78. The fourth-order valence-corrected chi connectivity index (χ4v) is 4.17. The number of nitrogens with zero attached hydrogens (tertiary/aromatic N) is 2. The zero-order valence-corrected chi connectivity index (χ0v) is 17.6. The number of nitrogens with one attached hydrogen (secondary N) is 1. The summed E-state index contributed by atoms with van der Waals surface area (Å²) in [6, 6.07) is 12.2. The number of hydrogen-bond acceptors (Lipinski definition) is 3. The zero-order chi connectivity index (χ0) is 22.0. The molecule has 1 atom stereocenters. The third-order valence-corrected chi connectivity index (χ3v) is 6.16. The highest BCUT2D eigenvalue weighted by molar-refractivity contribution is 5.96. The number of aryl methyl sites for hydroxylation is 1. The molecule has 7 heteroatoms. The van der Waals surface area contributed by atoms with Crippen LogP contribution in [0.2, 0.25) is 0 Å². The van der Waals surface area contributed by atoms with E-state index in [2.05, 4.69) is 5.32 Å². The number of anilines is 1. The first-order chi connectivity index (χ1) is 14.9. The number of halogens is 1. The molecule has 1 saturated heterocycles. The van der Waals surface area contributed by atoms with Gasteiger partial charge in [0.25, 0.3) is 5.91 Å². The molecule has 4 rings (SSSR count). The molecule has 0 radical (unpaired) electrons. The normalized spacial score (nSPS) is 18.4. The average Bonchev–Trinajstić information content (AvgIpc) is 2.79. The van der Waals surface area contributed by atoms with Gasteiger partial charge in [-0.15, -0.1) is 0 Å².